The zero-order chi connectivity index (χ0) is 14.7. The van der Waals surface area contributed by atoms with Crippen molar-refractivity contribution in [1.82, 2.24) is 14.8 Å². The van der Waals surface area contributed by atoms with Crippen LogP contribution in [-0.2, 0) is 6.54 Å². The number of piperazine rings is 1. The van der Waals surface area contributed by atoms with Gasteiger partial charge in [0.25, 0.3) is 0 Å². The molecule has 2 saturated heterocycles. The minimum atomic E-state index is 0.636. The lowest BCUT2D eigenvalue weighted by atomic mass is 10.1. The summed E-state index contributed by atoms with van der Waals surface area (Å²) < 4.78 is 5.98. The van der Waals surface area contributed by atoms with Crippen molar-refractivity contribution in [2.75, 3.05) is 44.2 Å². The molecule has 118 valence electrons. The second-order valence-corrected chi connectivity index (χ2v) is 6.55. The Labute approximate surface area is 127 Å². The number of nitrogens with zero attached hydrogens (tertiary/aromatic N) is 4. The molecule has 0 bridgehead atoms. The zero-order valence-corrected chi connectivity index (χ0v) is 13.4. The second kappa shape index (κ2) is 6.79. The number of likely N-dealkylation sites (tertiary alicyclic amines) is 1. The van der Waals surface area contributed by atoms with E-state index in [2.05, 4.69) is 33.5 Å². The van der Waals surface area contributed by atoms with Crippen molar-refractivity contribution in [3.63, 3.8) is 0 Å². The molecule has 21 heavy (non-hydrogen) atoms. The SMILES string of the molecule is CC(C)N1CCN(c2cnc(CN3CCCCC3)o2)CC1. The third-order valence-corrected chi connectivity index (χ3v) is 4.71. The average Bonchev–Trinajstić information content (AvgIpc) is 2.97. The number of rotatable bonds is 4. The van der Waals surface area contributed by atoms with Crippen LogP contribution in [0.2, 0.25) is 0 Å². The molecule has 5 nitrogen and oxygen atoms in total. The normalized spacial score (nSPS) is 22.1. The third-order valence-electron chi connectivity index (χ3n) is 4.71. The molecule has 3 heterocycles. The average molecular weight is 292 g/mol. The smallest absolute Gasteiger partial charge is 0.216 e. The molecule has 0 N–H and O–H groups in total. The minimum absolute atomic E-state index is 0.636. The van der Waals surface area contributed by atoms with E-state index in [9.17, 15) is 0 Å². The first-order valence-electron chi connectivity index (χ1n) is 8.38. The van der Waals surface area contributed by atoms with Crippen LogP contribution in [0.5, 0.6) is 0 Å². The van der Waals surface area contributed by atoms with Crippen LogP contribution in [0.4, 0.5) is 5.88 Å². The summed E-state index contributed by atoms with van der Waals surface area (Å²) in [5, 5.41) is 0. The van der Waals surface area contributed by atoms with Crippen LogP contribution in [0.25, 0.3) is 0 Å². The zero-order valence-electron chi connectivity index (χ0n) is 13.4. The van der Waals surface area contributed by atoms with Gasteiger partial charge in [-0.1, -0.05) is 6.42 Å². The van der Waals surface area contributed by atoms with Gasteiger partial charge in [0.05, 0.1) is 12.7 Å². The van der Waals surface area contributed by atoms with Crippen molar-refractivity contribution in [3.8, 4) is 0 Å². The Kier molecular flexibility index (Phi) is 4.80. The Balaban J connectivity index is 1.53. The summed E-state index contributed by atoms with van der Waals surface area (Å²) >= 11 is 0. The molecule has 0 spiro atoms. The highest BCUT2D eigenvalue weighted by Crippen LogP contribution is 2.20. The van der Waals surface area contributed by atoms with E-state index in [0.717, 1.165) is 44.5 Å². The van der Waals surface area contributed by atoms with E-state index in [0.29, 0.717) is 6.04 Å². The Hall–Kier alpha value is -1.07. The molecule has 2 aliphatic rings. The number of anilines is 1. The highest BCUT2D eigenvalue weighted by Gasteiger charge is 2.22. The van der Waals surface area contributed by atoms with E-state index in [1.54, 1.807) is 0 Å². The summed E-state index contributed by atoms with van der Waals surface area (Å²) in [6.07, 6.45) is 5.90. The standard InChI is InChI=1S/C16H28N4O/c1-14(2)19-8-10-20(11-9-19)16-12-17-15(21-16)13-18-6-4-3-5-7-18/h12,14H,3-11,13H2,1-2H3. The van der Waals surface area contributed by atoms with Crippen LogP contribution in [0, 0.1) is 0 Å². The molecule has 3 rings (SSSR count). The maximum absolute atomic E-state index is 5.98. The highest BCUT2D eigenvalue weighted by atomic mass is 16.4. The molecule has 5 heteroatoms. The molecule has 1 aromatic rings. The fraction of sp³-hybridized carbons (Fsp3) is 0.812. The van der Waals surface area contributed by atoms with Gasteiger partial charge in [0.2, 0.25) is 11.8 Å². The maximum Gasteiger partial charge on any atom is 0.216 e. The Bertz CT molecular complexity index is 431. The molecule has 2 aliphatic heterocycles. The minimum Gasteiger partial charge on any atom is -0.424 e. The second-order valence-electron chi connectivity index (χ2n) is 6.55. The Morgan fingerprint density at radius 3 is 2.43 bits per heavy atom. The molecule has 0 saturated carbocycles. The molecule has 0 amide bonds. The fourth-order valence-electron chi connectivity index (χ4n) is 3.29. The van der Waals surface area contributed by atoms with E-state index in [-0.39, 0.29) is 0 Å². The maximum atomic E-state index is 5.98. The van der Waals surface area contributed by atoms with Crippen molar-refractivity contribution in [3.05, 3.63) is 12.1 Å². The van der Waals surface area contributed by atoms with Gasteiger partial charge in [0.15, 0.2) is 0 Å². The topological polar surface area (TPSA) is 35.8 Å². The van der Waals surface area contributed by atoms with Gasteiger partial charge in [-0.05, 0) is 39.8 Å². The fourth-order valence-corrected chi connectivity index (χ4v) is 3.29. The highest BCUT2D eigenvalue weighted by molar-refractivity contribution is 5.33. The molecule has 0 aromatic carbocycles. The van der Waals surface area contributed by atoms with Crippen LogP contribution >= 0.6 is 0 Å². The molecule has 2 fully saturated rings. The van der Waals surface area contributed by atoms with Crippen molar-refractivity contribution in [1.29, 1.82) is 0 Å². The summed E-state index contributed by atoms with van der Waals surface area (Å²) in [5.41, 5.74) is 0. The van der Waals surface area contributed by atoms with E-state index in [1.807, 2.05) is 6.20 Å². The first kappa shape index (κ1) is 14.9. The van der Waals surface area contributed by atoms with Gasteiger partial charge in [0, 0.05) is 32.2 Å². The summed E-state index contributed by atoms with van der Waals surface area (Å²) in [5.74, 6) is 1.82. The number of oxazole rings is 1. The van der Waals surface area contributed by atoms with Gasteiger partial charge in [-0.2, -0.15) is 0 Å². The van der Waals surface area contributed by atoms with Crippen LogP contribution < -0.4 is 4.90 Å². The van der Waals surface area contributed by atoms with Gasteiger partial charge < -0.3 is 9.32 Å². The Morgan fingerprint density at radius 1 is 1.05 bits per heavy atom. The molecule has 1 aromatic heterocycles. The molecular formula is C16H28N4O. The van der Waals surface area contributed by atoms with E-state index < -0.39 is 0 Å². The summed E-state index contributed by atoms with van der Waals surface area (Å²) in [4.78, 5) is 11.8. The van der Waals surface area contributed by atoms with Gasteiger partial charge in [-0.15, -0.1) is 0 Å². The van der Waals surface area contributed by atoms with Crippen molar-refractivity contribution in [2.45, 2.75) is 45.7 Å². The lowest BCUT2D eigenvalue weighted by Gasteiger charge is -2.36. The quantitative estimate of drug-likeness (QED) is 0.850. The third kappa shape index (κ3) is 3.77. The molecule has 0 aliphatic carbocycles. The predicted octanol–water partition coefficient (Wildman–Crippen LogP) is 2.19. The van der Waals surface area contributed by atoms with Crippen molar-refractivity contribution < 1.29 is 4.42 Å². The van der Waals surface area contributed by atoms with E-state index >= 15 is 0 Å². The van der Waals surface area contributed by atoms with Gasteiger partial charge in [-0.25, -0.2) is 4.98 Å². The summed E-state index contributed by atoms with van der Waals surface area (Å²) in [6.45, 7) is 12.1. The number of hydrogen-bond donors (Lipinski definition) is 0. The van der Waals surface area contributed by atoms with E-state index in [1.165, 1.54) is 32.4 Å². The largest absolute Gasteiger partial charge is 0.424 e. The number of hydrogen-bond acceptors (Lipinski definition) is 5. The lowest BCUT2D eigenvalue weighted by Crippen LogP contribution is -2.48. The monoisotopic (exact) mass is 292 g/mol. The summed E-state index contributed by atoms with van der Waals surface area (Å²) in [7, 11) is 0. The first-order chi connectivity index (χ1) is 10.2. The molecule has 0 unspecified atom stereocenters. The van der Waals surface area contributed by atoms with Crippen LogP contribution in [0.1, 0.15) is 39.0 Å². The van der Waals surface area contributed by atoms with Gasteiger partial charge >= 0.3 is 0 Å². The van der Waals surface area contributed by atoms with Crippen LogP contribution in [-0.4, -0.2) is 60.1 Å². The summed E-state index contributed by atoms with van der Waals surface area (Å²) in [6, 6.07) is 0.636. The van der Waals surface area contributed by atoms with E-state index in [4.69, 9.17) is 4.42 Å². The molecule has 0 radical (unpaired) electrons. The molecule has 0 atom stereocenters. The molecular weight excluding hydrogens is 264 g/mol. The number of piperidine rings is 1. The van der Waals surface area contributed by atoms with Gasteiger partial charge in [0.1, 0.15) is 0 Å². The van der Waals surface area contributed by atoms with Gasteiger partial charge in [-0.3, -0.25) is 9.80 Å². The predicted molar refractivity (Wildman–Crippen MR) is 84.6 cm³/mol. The van der Waals surface area contributed by atoms with Crippen molar-refractivity contribution in [2.24, 2.45) is 0 Å². The number of aromatic nitrogens is 1. The lowest BCUT2D eigenvalue weighted by molar-refractivity contribution is 0.196. The van der Waals surface area contributed by atoms with Crippen LogP contribution in [0.3, 0.4) is 0 Å². The van der Waals surface area contributed by atoms with Crippen molar-refractivity contribution >= 4 is 5.88 Å². The Morgan fingerprint density at radius 2 is 1.76 bits per heavy atom. The van der Waals surface area contributed by atoms with Crippen LogP contribution in [0.15, 0.2) is 10.6 Å². The first-order valence-corrected chi connectivity index (χ1v) is 8.38.